The third-order valence-corrected chi connectivity index (χ3v) is 7.09. The molecule has 3 atom stereocenters. The quantitative estimate of drug-likeness (QED) is 0.855. The molecular weight excluding hydrogens is 276 g/mol. The van der Waals surface area contributed by atoms with Crippen LogP contribution in [-0.2, 0) is 10.2 Å². The SMILES string of the molecule is CC1CC(C)C(C)N(S(=O)(=O)N2CCC(CO)CC2)C1. The maximum absolute atomic E-state index is 12.8. The third kappa shape index (κ3) is 3.18. The molecule has 0 radical (unpaired) electrons. The van der Waals surface area contributed by atoms with Crippen LogP contribution in [-0.4, -0.2) is 54.4 Å². The maximum Gasteiger partial charge on any atom is 0.282 e. The minimum absolute atomic E-state index is 0.0757. The fourth-order valence-corrected chi connectivity index (χ4v) is 5.48. The Kier molecular flexibility index (Phi) is 5.10. The van der Waals surface area contributed by atoms with E-state index in [1.54, 1.807) is 8.61 Å². The van der Waals surface area contributed by atoms with Crippen LogP contribution in [0.3, 0.4) is 0 Å². The zero-order valence-corrected chi connectivity index (χ0v) is 13.6. The lowest BCUT2D eigenvalue weighted by Gasteiger charge is -2.43. The molecule has 0 aromatic carbocycles. The molecule has 0 amide bonds. The van der Waals surface area contributed by atoms with Crippen LogP contribution in [0.4, 0.5) is 0 Å². The average Bonchev–Trinajstić information content (AvgIpc) is 2.42. The Balaban J connectivity index is 2.09. The van der Waals surface area contributed by atoms with Crippen molar-refractivity contribution in [1.29, 1.82) is 0 Å². The van der Waals surface area contributed by atoms with E-state index in [4.69, 9.17) is 5.11 Å². The molecule has 0 bridgehead atoms. The Labute approximate surface area is 123 Å². The highest BCUT2D eigenvalue weighted by molar-refractivity contribution is 7.86. The molecule has 118 valence electrons. The Bertz CT molecular complexity index is 418. The van der Waals surface area contributed by atoms with E-state index in [0.29, 0.717) is 31.5 Å². The first kappa shape index (κ1) is 16.2. The van der Waals surface area contributed by atoms with Crippen LogP contribution in [0.15, 0.2) is 0 Å². The fourth-order valence-electron chi connectivity index (χ4n) is 3.44. The van der Waals surface area contributed by atoms with E-state index >= 15 is 0 Å². The molecule has 5 nitrogen and oxygen atoms in total. The lowest BCUT2D eigenvalue weighted by molar-refractivity contribution is 0.134. The summed E-state index contributed by atoms with van der Waals surface area (Å²) < 4.78 is 29.0. The first-order chi connectivity index (χ1) is 9.36. The van der Waals surface area contributed by atoms with Gasteiger partial charge in [0.2, 0.25) is 0 Å². The largest absolute Gasteiger partial charge is 0.396 e. The normalized spacial score (nSPS) is 35.3. The van der Waals surface area contributed by atoms with Crippen molar-refractivity contribution >= 4 is 10.2 Å². The molecule has 2 fully saturated rings. The number of hydrogen-bond donors (Lipinski definition) is 1. The Morgan fingerprint density at radius 1 is 1.15 bits per heavy atom. The van der Waals surface area contributed by atoms with E-state index in [1.807, 2.05) is 6.92 Å². The molecule has 2 aliphatic heterocycles. The van der Waals surface area contributed by atoms with Gasteiger partial charge in [0.05, 0.1) is 0 Å². The van der Waals surface area contributed by atoms with Crippen LogP contribution < -0.4 is 0 Å². The van der Waals surface area contributed by atoms with Gasteiger partial charge in [0, 0.05) is 32.3 Å². The van der Waals surface area contributed by atoms with Gasteiger partial charge in [-0.25, -0.2) is 0 Å². The van der Waals surface area contributed by atoms with E-state index in [0.717, 1.165) is 19.3 Å². The number of hydrogen-bond acceptors (Lipinski definition) is 3. The summed E-state index contributed by atoms with van der Waals surface area (Å²) in [4.78, 5) is 0. The molecular formula is C14H28N2O3S. The minimum Gasteiger partial charge on any atom is -0.396 e. The van der Waals surface area contributed by atoms with Crippen molar-refractivity contribution in [2.75, 3.05) is 26.2 Å². The monoisotopic (exact) mass is 304 g/mol. The Morgan fingerprint density at radius 3 is 2.30 bits per heavy atom. The Hall–Kier alpha value is -0.170. The number of aliphatic hydroxyl groups is 1. The second kappa shape index (κ2) is 6.30. The fraction of sp³-hybridized carbons (Fsp3) is 1.00. The van der Waals surface area contributed by atoms with Crippen LogP contribution in [0, 0.1) is 17.8 Å². The van der Waals surface area contributed by atoms with E-state index in [-0.39, 0.29) is 18.6 Å². The molecule has 2 aliphatic rings. The second-order valence-corrected chi connectivity index (χ2v) is 8.54. The van der Waals surface area contributed by atoms with Gasteiger partial charge < -0.3 is 5.11 Å². The lowest BCUT2D eigenvalue weighted by Crippen LogP contribution is -2.55. The number of piperidine rings is 2. The van der Waals surface area contributed by atoms with E-state index in [9.17, 15) is 8.42 Å². The standard InChI is InChI=1S/C14H28N2O3S/c1-11-8-12(2)13(3)16(9-11)20(18,19)15-6-4-14(10-17)5-7-15/h11-14,17H,4-10H2,1-3H3. The van der Waals surface area contributed by atoms with Crippen molar-refractivity contribution in [3.8, 4) is 0 Å². The molecule has 20 heavy (non-hydrogen) atoms. The van der Waals surface area contributed by atoms with Crippen LogP contribution in [0.25, 0.3) is 0 Å². The average molecular weight is 304 g/mol. The van der Waals surface area contributed by atoms with Crippen molar-refractivity contribution < 1.29 is 13.5 Å². The van der Waals surface area contributed by atoms with E-state index < -0.39 is 10.2 Å². The molecule has 0 aromatic rings. The molecule has 0 saturated carbocycles. The zero-order valence-electron chi connectivity index (χ0n) is 12.8. The van der Waals surface area contributed by atoms with Crippen molar-refractivity contribution in [3.63, 3.8) is 0 Å². The van der Waals surface area contributed by atoms with Gasteiger partial charge in [-0.05, 0) is 43.9 Å². The van der Waals surface area contributed by atoms with Gasteiger partial charge in [0.15, 0.2) is 0 Å². The van der Waals surface area contributed by atoms with Crippen LogP contribution in [0.1, 0.15) is 40.0 Å². The van der Waals surface area contributed by atoms with Crippen LogP contribution in [0.5, 0.6) is 0 Å². The number of aliphatic hydroxyl groups excluding tert-OH is 1. The summed E-state index contributed by atoms with van der Waals surface area (Å²) in [6, 6.07) is 0.0757. The number of rotatable bonds is 3. The molecule has 1 N–H and O–H groups in total. The summed E-state index contributed by atoms with van der Waals surface area (Å²) >= 11 is 0. The molecule has 2 saturated heterocycles. The summed E-state index contributed by atoms with van der Waals surface area (Å²) in [5, 5.41) is 9.16. The summed E-state index contributed by atoms with van der Waals surface area (Å²) in [7, 11) is -3.35. The van der Waals surface area contributed by atoms with Crippen molar-refractivity contribution in [2.45, 2.75) is 46.1 Å². The molecule has 2 heterocycles. The smallest absolute Gasteiger partial charge is 0.282 e. The van der Waals surface area contributed by atoms with Gasteiger partial charge in [-0.1, -0.05) is 13.8 Å². The molecule has 0 spiro atoms. The predicted octanol–water partition coefficient (Wildman–Crippen LogP) is 1.30. The maximum atomic E-state index is 12.8. The lowest BCUT2D eigenvalue weighted by atomic mass is 9.88. The third-order valence-electron chi connectivity index (χ3n) is 5.00. The van der Waals surface area contributed by atoms with Gasteiger partial charge >= 0.3 is 0 Å². The van der Waals surface area contributed by atoms with Crippen molar-refractivity contribution in [2.24, 2.45) is 17.8 Å². The highest BCUT2D eigenvalue weighted by atomic mass is 32.2. The summed E-state index contributed by atoms with van der Waals surface area (Å²) in [6.45, 7) is 8.17. The zero-order chi connectivity index (χ0) is 14.9. The van der Waals surface area contributed by atoms with Crippen molar-refractivity contribution in [3.05, 3.63) is 0 Å². The van der Waals surface area contributed by atoms with Crippen LogP contribution in [0.2, 0.25) is 0 Å². The molecule has 0 aromatic heterocycles. The van der Waals surface area contributed by atoms with E-state index in [2.05, 4.69) is 13.8 Å². The minimum atomic E-state index is -3.35. The highest BCUT2D eigenvalue weighted by Crippen LogP contribution is 2.31. The summed E-state index contributed by atoms with van der Waals surface area (Å²) in [6.07, 6.45) is 2.63. The van der Waals surface area contributed by atoms with E-state index in [1.165, 1.54) is 0 Å². The van der Waals surface area contributed by atoms with Gasteiger partial charge in [0.25, 0.3) is 10.2 Å². The summed E-state index contributed by atoms with van der Waals surface area (Å²) in [5.74, 6) is 1.09. The topological polar surface area (TPSA) is 60.9 Å². The molecule has 3 unspecified atom stereocenters. The number of nitrogens with zero attached hydrogens (tertiary/aromatic N) is 2. The molecule has 0 aliphatic carbocycles. The van der Waals surface area contributed by atoms with Gasteiger partial charge in [-0.15, -0.1) is 0 Å². The van der Waals surface area contributed by atoms with Gasteiger partial charge in [0.1, 0.15) is 0 Å². The first-order valence-corrected chi connectivity index (χ1v) is 9.13. The van der Waals surface area contributed by atoms with Gasteiger partial charge in [-0.3, -0.25) is 0 Å². The van der Waals surface area contributed by atoms with Crippen LogP contribution >= 0.6 is 0 Å². The second-order valence-electron chi connectivity index (χ2n) is 6.66. The Morgan fingerprint density at radius 2 is 1.75 bits per heavy atom. The molecule has 6 heteroatoms. The predicted molar refractivity (Wildman–Crippen MR) is 79.4 cm³/mol. The van der Waals surface area contributed by atoms with Crippen molar-refractivity contribution in [1.82, 2.24) is 8.61 Å². The highest BCUT2D eigenvalue weighted by Gasteiger charge is 2.40. The molecule has 2 rings (SSSR count). The first-order valence-electron chi connectivity index (χ1n) is 7.74. The van der Waals surface area contributed by atoms with Gasteiger partial charge in [-0.2, -0.15) is 17.0 Å². The summed E-state index contributed by atoms with van der Waals surface area (Å²) in [5.41, 5.74) is 0.